The molecule has 0 saturated carbocycles. The van der Waals surface area contributed by atoms with Crippen molar-refractivity contribution in [1.29, 1.82) is 0 Å². The quantitative estimate of drug-likeness (QED) is 0.515. The second-order valence-electron chi connectivity index (χ2n) is 6.03. The van der Waals surface area contributed by atoms with Crippen molar-refractivity contribution in [3.05, 3.63) is 83.9 Å². The van der Waals surface area contributed by atoms with Gasteiger partial charge in [0.15, 0.2) is 0 Å². The average molecular weight is 367 g/mol. The highest BCUT2D eigenvalue weighted by Crippen LogP contribution is 2.12. The van der Waals surface area contributed by atoms with Crippen LogP contribution in [0.25, 0.3) is 0 Å². The third-order valence-corrected chi connectivity index (χ3v) is 3.77. The van der Waals surface area contributed by atoms with Crippen LogP contribution < -0.4 is 0 Å². The number of ether oxygens (including phenoxy) is 2. The maximum atomic E-state index is 12.7. The number of benzene rings is 2. The normalized spacial score (nSPS) is 11.8. The van der Waals surface area contributed by atoms with E-state index in [1.54, 1.807) is 18.7 Å². The van der Waals surface area contributed by atoms with Crippen LogP contribution in [0.2, 0.25) is 0 Å². The summed E-state index contributed by atoms with van der Waals surface area (Å²) in [6.45, 7) is 4.61. The van der Waals surface area contributed by atoms with Crippen LogP contribution >= 0.6 is 0 Å². The lowest BCUT2D eigenvalue weighted by Crippen LogP contribution is -2.32. The maximum absolute atomic E-state index is 12.7. The molecule has 0 aliphatic carbocycles. The van der Waals surface area contributed by atoms with E-state index in [0.29, 0.717) is 19.7 Å². The Bertz CT molecular complexity index is 702. The van der Waals surface area contributed by atoms with Gasteiger partial charge in [0.1, 0.15) is 6.10 Å². The van der Waals surface area contributed by atoms with E-state index in [9.17, 15) is 9.59 Å². The fraction of sp³-hybridized carbons (Fsp3) is 0.273. The van der Waals surface area contributed by atoms with Crippen molar-refractivity contribution in [2.45, 2.75) is 33.0 Å². The van der Waals surface area contributed by atoms with Crippen molar-refractivity contribution < 1.29 is 19.1 Å². The van der Waals surface area contributed by atoms with Crippen LogP contribution in [0, 0.1) is 0 Å². The van der Waals surface area contributed by atoms with Gasteiger partial charge in [0.05, 0.1) is 6.61 Å². The second kappa shape index (κ2) is 10.8. The SMILES string of the molecule is CCOC(=O)/C=C/[C@H](C)OC(=O)N(Cc1ccccc1)Cc1ccccc1. The van der Waals surface area contributed by atoms with Gasteiger partial charge in [-0.1, -0.05) is 60.7 Å². The fourth-order valence-electron chi connectivity index (χ4n) is 2.47. The minimum Gasteiger partial charge on any atom is -0.463 e. The Labute approximate surface area is 160 Å². The maximum Gasteiger partial charge on any atom is 0.410 e. The molecular formula is C22H25NO4. The highest BCUT2D eigenvalue weighted by atomic mass is 16.6. The molecule has 0 aliphatic rings. The van der Waals surface area contributed by atoms with Crippen molar-refractivity contribution in [2.75, 3.05) is 6.61 Å². The van der Waals surface area contributed by atoms with Gasteiger partial charge in [0.25, 0.3) is 0 Å². The topological polar surface area (TPSA) is 55.8 Å². The number of hydrogen-bond donors (Lipinski definition) is 0. The first-order chi connectivity index (χ1) is 13.1. The number of nitrogens with zero attached hydrogens (tertiary/aromatic N) is 1. The Hall–Kier alpha value is -3.08. The van der Waals surface area contributed by atoms with Crippen LogP contribution in [0.5, 0.6) is 0 Å². The number of carbonyl (C=O) groups excluding carboxylic acids is 2. The summed E-state index contributed by atoms with van der Waals surface area (Å²) in [7, 11) is 0. The molecule has 0 aromatic heterocycles. The monoisotopic (exact) mass is 367 g/mol. The lowest BCUT2D eigenvalue weighted by Gasteiger charge is -2.24. The van der Waals surface area contributed by atoms with E-state index in [-0.39, 0.29) is 0 Å². The zero-order valence-corrected chi connectivity index (χ0v) is 15.7. The first kappa shape index (κ1) is 20.2. The van der Waals surface area contributed by atoms with Gasteiger partial charge in [-0.25, -0.2) is 9.59 Å². The van der Waals surface area contributed by atoms with Gasteiger partial charge in [-0.05, 0) is 31.1 Å². The molecule has 0 N–H and O–H groups in total. The van der Waals surface area contributed by atoms with Crippen molar-refractivity contribution in [3.8, 4) is 0 Å². The average Bonchev–Trinajstić information content (AvgIpc) is 2.68. The predicted octanol–water partition coefficient (Wildman–Crippen LogP) is 4.33. The summed E-state index contributed by atoms with van der Waals surface area (Å²) in [5.74, 6) is -0.453. The van der Waals surface area contributed by atoms with E-state index in [2.05, 4.69) is 0 Å². The molecule has 0 radical (unpaired) electrons. The van der Waals surface area contributed by atoms with Gasteiger partial charge in [-0.3, -0.25) is 4.90 Å². The molecule has 0 aliphatic heterocycles. The number of esters is 1. The van der Waals surface area contributed by atoms with Crippen LogP contribution in [0.3, 0.4) is 0 Å². The number of amides is 1. The van der Waals surface area contributed by atoms with E-state index in [1.165, 1.54) is 12.2 Å². The smallest absolute Gasteiger partial charge is 0.410 e. The summed E-state index contributed by atoms with van der Waals surface area (Å²) >= 11 is 0. The van der Waals surface area contributed by atoms with E-state index in [4.69, 9.17) is 9.47 Å². The first-order valence-corrected chi connectivity index (χ1v) is 8.97. The molecule has 0 saturated heterocycles. The highest BCUT2D eigenvalue weighted by molar-refractivity contribution is 5.82. The van der Waals surface area contributed by atoms with E-state index in [1.807, 2.05) is 60.7 Å². The molecule has 0 unspecified atom stereocenters. The number of carbonyl (C=O) groups is 2. The summed E-state index contributed by atoms with van der Waals surface area (Å²) < 4.78 is 10.3. The molecule has 2 aromatic carbocycles. The predicted molar refractivity (Wildman–Crippen MR) is 104 cm³/mol. The highest BCUT2D eigenvalue weighted by Gasteiger charge is 2.18. The molecule has 2 rings (SSSR count). The standard InChI is InChI=1S/C22H25NO4/c1-3-26-21(24)15-14-18(2)27-22(25)23(16-19-10-6-4-7-11-19)17-20-12-8-5-9-13-20/h4-15,18H,3,16-17H2,1-2H3/b15-14+/t18-/m0/s1. The summed E-state index contributed by atoms with van der Waals surface area (Å²) in [5.41, 5.74) is 2.03. The fourth-order valence-corrected chi connectivity index (χ4v) is 2.47. The molecule has 27 heavy (non-hydrogen) atoms. The van der Waals surface area contributed by atoms with Gasteiger partial charge in [0, 0.05) is 19.2 Å². The molecule has 2 aromatic rings. The van der Waals surface area contributed by atoms with Crippen LogP contribution in [0.1, 0.15) is 25.0 Å². The Kier molecular flexibility index (Phi) is 8.10. The summed E-state index contributed by atoms with van der Waals surface area (Å²) in [6.07, 6.45) is 1.80. The van der Waals surface area contributed by atoms with Gasteiger partial charge in [-0.15, -0.1) is 0 Å². The molecule has 0 bridgehead atoms. The van der Waals surface area contributed by atoms with Crippen LogP contribution in [0.4, 0.5) is 4.79 Å². The molecule has 5 nitrogen and oxygen atoms in total. The van der Waals surface area contributed by atoms with Gasteiger partial charge >= 0.3 is 12.1 Å². The largest absolute Gasteiger partial charge is 0.463 e. The molecule has 1 atom stereocenters. The molecule has 142 valence electrons. The summed E-state index contributed by atoms with van der Waals surface area (Å²) in [4.78, 5) is 25.7. The zero-order valence-electron chi connectivity index (χ0n) is 15.7. The Morgan fingerprint density at radius 2 is 1.48 bits per heavy atom. The van der Waals surface area contributed by atoms with Crippen LogP contribution in [-0.4, -0.2) is 29.7 Å². The summed E-state index contributed by atoms with van der Waals surface area (Å²) in [6, 6.07) is 19.5. The van der Waals surface area contributed by atoms with Crippen molar-refractivity contribution >= 4 is 12.1 Å². The molecular weight excluding hydrogens is 342 g/mol. The lowest BCUT2D eigenvalue weighted by atomic mass is 10.2. The van der Waals surface area contributed by atoms with Crippen LogP contribution in [0.15, 0.2) is 72.8 Å². The Morgan fingerprint density at radius 3 is 1.96 bits per heavy atom. The first-order valence-electron chi connectivity index (χ1n) is 8.97. The molecule has 1 amide bonds. The minimum absolute atomic E-state index is 0.305. The molecule has 5 heteroatoms. The third-order valence-electron chi connectivity index (χ3n) is 3.77. The molecule has 0 spiro atoms. The van der Waals surface area contributed by atoms with E-state index in [0.717, 1.165) is 11.1 Å². The van der Waals surface area contributed by atoms with Crippen molar-refractivity contribution in [1.82, 2.24) is 4.90 Å². The minimum atomic E-state index is -0.545. The number of hydrogen-bond acceptors (Lipinski definition) is 4. The Morgan fingerprint density at radius 1 is 0.963 bits per heavy atom. The second-order valence-corrected chi connectivity index (χ2v) is 6.03. The van der Waals surface area contributed by atoms with E-state index < -0.39 is 18.2 Å². The van der Waals surface area contributed by atoms with E-state index >= 15 is 0 Å². The van der Waals surface area contributed by atoms with Crippen molar-refractivity contribution in [2.24, 2.45) is 0 Å². The molecule has 0 fully saturated rings. The zero-order chi connectivity index (χ0) is 19.5. The third kappa shape index (κ3) is 7.36. The van der Waals surface area contributed by atoms with Crippen LogP contribution in [-0.2, 0) is 27.4 Å². The van der Waals surface area contributed by atoms with Gasteiger partial charge in [0.2, 0.25) is 0 Å². The Balaban J connectivity index is 2.04. The van der Waals surface area contributed by atoms with Gasteiger partial charge in [-0.2, -0.15) is 0 Å². The van der Waals surface area contributed by atoms with Crippen molar-refractivity contribution in [3.63, 3.8) is 0 Å². The summed E-state index contributed by atoms with van der Waals surface area (Å²) in [5, 5.41) is 0. The van der Waals surface area contributed by atoms with Gasteiger partial charge < -0.3 is 9.47 Å². The molecule has 0 heterocycles. The lowest BCUT2D eigenvalue weighted by molar-refractivity contribution is -0.137. The number of rotatable bonds is 8.